The van der Waals surface area contributed by atoms with Crippen LogP contribution < -0.4 is 10.5 Å². The van der Waals surface area contributed by atoms with Gasteiger partial charge in [0, 0.05) is 23.0 Å². The van der Waals surface area contributed by atoms with Gasteiger partial charge in [-0.1, -0.05) is 22.9 Å². The van der Waals surface area contributed by atoms with E-state index in [1.165, 1.54) is 5.56 Å². The Bertz CT molecular complexity index is 425. The van der Waals surface area contributed by atoms with Gasteiger partial charge in [-0.05, 0) is 43.0 Å². The van der Waals surface area contributed by atoms with Gasteiger partial charge in [0.2, 0.25) is 0 Å². The highest BCUT2D eigenvalue weighted by Crippen LogP contribution is 2.30. The Morgan fingerprint density at radius 3 is 3.00 bits per heavy atom. The first-order chi connectivity index (χ1) is 9.15. The molecule has 4 heteroatoms. The molecular weight excluding hydrogens is 306 g/mol. The second kappa shape index (κ2) is 6.73. The fourth-order valence-corrected chi connectivity index (χ4v) is 3.22. The van der Waals surface area contributed by atoms with E-state index >= 15 is 0 Å². The first-order valence-electron chi connectivity index (χ1n) is 6.85. The molecule has 19 heavy (non-hydrogen) atoms. The van der Waals surface area contributed by atoms with Crippen molar-refractivity contribution < 1.29 is 9.47 Å². The Labute approximate surface area is 123 Å². The smallest absolute Gasteiger partial charge is 0.119 e. The van der Waals surface area contributed by atoms with E-state index in [9.17, 15) is 0 Å². The lowest BCUT2D eigenvalue weighted by Gasteiger charge is -2.24. The van der Waals surface area contributed by atoms with Gasteiger partial charge < -0.3 is 15.2 Å². The summed E-state index contributed by atoms with van der Waals surface area (Å²) in [6, 6.07) is 6.16. The lowest BCUT2D eigenvalue weighted by molar-refractivity contribution is 0.0814. The van der Waals surface area contributed by atoms with E-state index in [0.717, 1.165) is 36.1 Å². The molecule has 0 radical (unpaired) electrons. The van der Waals surface area contributed by atoms with Crippen molar-refractivity contribution in [3.63, 3.8) is 0 Å². The summed E-state index contributed by atoms with van der Waals surface area (Å²) in [6.07, 6.45) is 3.28. The molecule has 1 fully saturated rings. The van der Waals surface area contributed by atoms with Gasteiger partial charge in [0.05, 0.1) is 13.2 Å². The molecule has 1 aliphatic heterocycles. The quantitative estimate of drug-likeness (QED) is 0.903. The predicted octanol–water partition coefficient (Wildman–Crippen LogP) is 3.14. The minimum atomic E-state index is 0.135. The number of benzene rings is 1. The molecule has 0 aliphatic carbocycles. The molecule has 1 aliphatic rings. The number of halogens is 1. The maximum absolute atomic E-state index is 6.40. The van der Waals surface area contributed by atoms with E-state index in [4.69, 9.17) is 15.2 Å². The minimum Gasteiger partial charge on any atom is -0.497 e. The predicted molar refractivity (Wildman–Crippen MR) is 80.5 cm³/mol. The molecule has 0 spiro atoms. The Kier molecular flexibility index (Phi) is 5.25. The lowest BCUT2D eigenvalue weighted by Crippen LogP contribution is -2.37. The fraction of sp³-hybridized carbons (Fsp3) is 0.600. The standard InChI is InChI=1S/C15H22BrNO2/c1-3-15-12(6-7-19-15)14(17)9-10-8-11(18-2)4-5-13(10)16/h4-5,8,12,14-15H,3,6-7,9,17H2,1-2H3. The van der Waals surface area contributed by atoms with Crippen molar-refractivity contribution in [1.29, 1.82) is 0 Å². The van der Waals surface area contributed by atoms with E-state index in [0.29, 0.717) is 12.0 Å². The highest BCUT2D eigenvalue weighted by atomic mass is 79.9. The van der Waals surface area contributed by atoms with E-state index in [1.54, 1.807) is 7.11 Å². The lowest BCUT2D eigenvalue weighted by atomic mass is 9.88. The summed E-state index contributed by atoms with van der Waals surface area (Å²) < 4.78 is 12.1. The first kappa shape index (κ1) is 14.8. The van der Waals surface area contributed by atoms with E-state index in [-0.39, 0.29) is 6.04 Å². The van der Waals surface area contributed by atoms with Crippen molar-refractivity contribution in [2.75, 3.05) is 13.7 Å². The van der Waals surface area contributed by atoms with Crippen molar-refractivity contribution >= 4 is 15.9 Å². The summed E-state index contributed by atoms with van der Waals surface area (Å²) in [5.41, 5.74) is 7.60. The molecule has 1 heterocycles. The maximum Gasteiger partial charge on any atom is 0.119 e. The van der Waals surface area contributed by atoms with Crippen molar-refractivity contribution in [2.24, 2.45) is 11.7 Å². The molecule has 106 valence electrons. The zero-order valence-electron chi connectivity index (χ0n) is 11.6. The van der Waals surface area contributed by atoms with Gasteiger partial charge in [-0.2, -0.15) is 0 Å². The Morgan fingerprint density at radius 2 is 2.32 bits per heavy atom. The van der Waals surface area contributed by atoms with Crippen LogP contribution in [0.1, 0.15) is 25.3 Å². The van der Waals surface area contributed by atoms with Crippen LogP contribution in [0.3, 0.4) is 0 Å². The first-order valence-corrected chi connectivity index (χ1v) is 7.64. The molecule has 1 aromatic rings. The molecule has 2 N–H and O–H groups in total. The van der Waals surface area contributed by atoms with Crippen LogP contribution in [-0.4, -0.2) is 25.9 Å². The van der Waals surface area contributed by atoms with Crippen molar-refractivity contribution in [1.82, 2.24) is 0 Å². The number of ether oxygens (including phenoxy) is 2. The Morgan fingerprint density at radius 1 is 1.53 bits per heavy atom. The summed E-state index contributed by atoms with van der Waals surface area (Å²) in [5, 5.41) is 0. The molecule has 0 bridgehead atoms. The van der Waals surface area contributed by atoms with Crippen molar-refractivity contribution in [3.05, 3.63) is 28.2 Å². The van der Waals surface area contributed by atoms with Gasteiger partial charge >= 0.3 is 0 Å². The molecule has 1 aromatic carbocycles. The summed E-state index contributed by atoms with van der Waals surface area (Å²) in [7, 11) is 1.69. The number of hydrogen-bond acceptors (Lipinski definition) is 3. The zero-order chi connectivity index (χ0) is 13.8. The van der Waals surface area contributed by atoms with Gasteiger partial charge in [-0.25, -0.2) is 0 Å². The van der Waals surface area contributed by atoms with Crippen LogP contribution in [0, 0.1) is 5.92 Å². The summed E-state index contributed by atoms with van der Waals surface area (Å²) >= 11 is 3.59. The van der Waals surface area contributed by atoms with Crippen LogP contribution in [0.15, 0.2) is 22.7 Å². The van der Waals surface area contributed by atoms with Gasteiger partial charge in [0.1, 0.15) is 5.75 Å². The average molecular weight is 328 g/mol. The second-order valence-electron chi connectivity index (χ2n) is 5.10. The highest BCUT2D eigenvalue weighted by Gasteiger charge is 2.31. The average Bonchev–Trinajstić information content (AvgIpc) is 2.89. The van der Waals surface area contributed by atoms with Crippen LogP contribution in [0.25, 0.3) is 0 Å². The summed E-state index contributed by atoms with van der Waals surface area (Å²) in [4.78, 5) is 0. The van der Waals surface area contributed by atoms with Crippen molar-refractivity contribution in [2.45, 2.75) is 38.3 Å². The van der Waals surface area contributed by atoms with Crippen LogP contribution in [0.4, 0.5) is 0 Å². The molecule has 3 unspecified atom stereocenters. The fourth-order valence-electron chi connectivity index (χ4n) is 2.82. The largest absolute Gasteiger partial charge is 0.497 e. The molecule has 3 nitrogen and oxygen atoms in total. The normalized spacial score (nSPS) is 24.4. The second-order valence-corrected chi connectivity index (χ2v) is 5.95. The van der Waals surface area contributed by atoms with Crippen LogP contribution in [-0.2, 0) is 11.2 Å². The topological polar surface area (TPSA) is 44.5 Å². The van der Waals surface area contributed by atoms with Gasteiger partial charge in [0.15, 0.2) is 0 Å². The van der Waals surface area contributed by atoms with Crippen LogP contribution in [0.5, 0.6) is 5.75 Å². The summed E-state index contributed by atoms with van der Waals surface area (Å²) in [5.74, 6) is 1.34. The molecule has 0 aromatic heterocycles. The van der Waals surface area contributed by atoms with Gasteiger partial charge in [-0.3, -0.25) is 0 Å². The molecule has 2 rings (SSSR count). The zero-order valence-corrected chi connectivity index (χ0v) is 13.2. The maximum atomic E-state index is 6.40. The molecule has 1 saturated heterocycles. The Hall–Kier alpha value is -0.580. The van der Waals surface area contributed by atoms with Crippen LogP contribution in [0.2, 0.25) is 0 Å². The monoisotopic (exact) mass is 327 g/mol. The number of hydrogen-bond donors (Lipinski definition) is 1. The number of methoxy groups -OCH3 is 1. The van der Waals surface area contributed by atoms with E-state index in [2.05, 4.69) is 28.9 Å². The van der Waals surface area contributed by atoms with E-state index < -0.39 is 0 Å². The molecule has 0 saturated carbocycles. The van der Waals surface area contributed by atoms with Crippen molar-refractivity contribution in [3.8, 4) is 5.75 Å². The number of nitrogens with two attached hydrogens (primary N) is 1. The molecule has 3 atom stereocenters. The van der Waals surface area contributed by atoms with Gasteiger partial charge in [-0.15, -0.1) is 0 Å². The SMILES string of the molecule is CCC1OCCC1C(N)Cc1cc(OC)ccc1Br. The van der Waals surface area contributed by atoms with Gasteiger partial charge in [0.25, 0.3) is 0 Å². The third-order valence-corrected chi connectivity index (χ3v) is 4.70. The third kappa shape index (κ3) is 3.50. The Balaban J connectivity index is 2.07. The highest BCUT2D eigenvalue weighted by molar-refractivity contribution is 9.10. The third-order valence-electron chi connectivity index (χ3n) is 3.92. The van der Waals surface area contributed by atoms with Crippen LogP contribution >= 0.6 is 15.9 Å². The van der Waals surface area contributed by atoms with E-state index in [1.807, 2.05) is 12.1 Å². The number of rotatable bonds is 5. The molecular formula is C15H22BrNO2. The minimum absolute atomic E-state index is 0.135. The summed E-state index contributed by atoms with van der Waals surface area (Å²) in [6.45, 7) is 3.01. The molecule has 0 amide bonds.